The maximum absolute atomic E-state index is 4.12. The second kappa shape index (κ2) is 5.19. The number of hydrogen-bond donors (Lipinski definition) is 0. The van der Waals surface area contributed by atoms with Crippen LogP contribution in [0.4, 0.5) is 0 Å². The van der Waals surface area contributed by atoms with E-state index in [0.29, 0.717) is 16.7 Å². The van der Waals surface area contributed by atoms with Gasteiger partial charge >= 0.3 is 0 Å². The van der Waals surface area contributed by atoms with Gasteiger partial charge in [0.15, 0.2) is 0 Å². The highest BCUT2D eigenvalue weighted by molar-refractivity contribution is 8.37. The Morgan fingerprint density at radius 1 is 0.773 bits per heavy atom. The van der Waals surface area contributed by atoms with Gasteiger partial charge in [0.2, 0.25) is 0 Å². The van der Waals surface area contributed by atoms with Gasteiger partial charge in [-0.2, -0.15) is 0 Å². The van der Waals surface area contributed by atoms with E-state index in [-0.39, 0.29) is 10.8 Å². The lowest BCUT2D eigenvalue weighted by atomic mass is 9.54. The van der Waals surface area contributed by atoms with Crippen LogP contribution in [0.25, 0.3) is 0 Å². The quantitative estimate of drug-likeness (QED) is 0.613. The van der Waals surface area contributed by atoms with Crippen molar-refractivity contribution >= 4 is 31.3 Å². The van der Waals surface area contributed by atoms with Gasteiger partial charge in [-0.25, -0.2) is 0 Å². The molecule has 1 aromatic rings. The van der Waals surface area contributed by atoms with Crippen molar-refractivity contribution in [2.45, 2.75) is 72.1 Å². The zero-order valence-corrected chi connectivity index (χ0v) is 17.5. The van der Waals surface area contributed by atoms with Crippen LogP contribution >= 0.6 is 0 Å². The van der Waals surface area contributed by atoms with Crippen molar-refractivity contribution in [1.29, 1.82) is 0 Å². The number of benzene rings is 1. The van der Waals surface area contributed by atoms with Crippen LogP contribution in [0.3, 0.4) is 0 Å². The molecule has 0 nitrogen and oxygen atoms in total. The SMILES string of the molecule is CC1(C)c2cccc3c2C(C1(C)C)C(C)(C)C3(C)C.S=S=S. The van der Waals surface area contributed by atoms with Gasteiger partial charge in [-0.1, -0.05) is 73.6 Å². The molecule has 0 amide bonds. The molecule has 0 aromatic heterocycles. The topological polar surface area (TPSA) is 0 Å². The molecular formula is C19H28S3. The lowest BCUT2D eigenvalue weighted by molar-refractivity contribution is 0.0633. The maximum atomic E-state index is 4.12. The lowest BCUT2D eigenvalue weighted by Gasteiger charge is -2.49. The van der Waals surface area contributed by atoms with E-state index >= 15 is 0 Å². The van der Waals surface area contributed by atoms with Gasteiger partial charge in [-0.3, -0.25) is 0 Å². The van der Waals surface area contributed by atoms with E-state index in [2.05, 4.69) is 96.0 Å². The minimum Gasteiger partial charge on any atom is -0.0617 e. The second-order valence-corrected chi connectivity index (χ2v) is 10.7. The molecule has 2 aliphatic carbocycles. The van der Waals surface area contributed by atoms with E-state index in [1.54, 1.807) is 16.7 Å². The third kappa shape index (κ3) is 1.98. The summed E-state index contributed by atoms with van der Waals surface area (Å²) in [5.41, 5.74) is 6.00. The molecule has 0 spiro atoms. The van der Waals surface area contributed by atoms with Crippen LogP contribution < -0.4 is 0 Å². The molecule has 0 bridgehead atoms. The third-order valence-corrected chi connectivity index (χ3v) is 7.41. The van der Waals surface area contributed by atoms with Crippen molar-refractivity contribution in [3.8, 4) is 0 Å². The molecule has 3 rings (SSSR count). The molecule has 0 N–H and O–H groups in total. The Morgan fingerprint density at radius 3 is 1.41 bits per heavy atom. The molecule has 0 heterocycles. The summed E-state index contributed by atoms with van der Waals surface area (Å²) >= 11 is 8.25. The maximum Gasteiger partial charge on any atom is 0 e. The molecule has 0 aliphatic heterocycles. The fourth-order valence-electron chi connectivity index (χ4n) is 5.01. The Morgan fingerprint density at radius 2 is 1.09 bits per heavy atom. The van der Waals surface area contributed by atoms with Crippen molar-refractivity contribution in [2.24, 2.45) is 10.8 Å². The first-order valence-electron chi connectivity index (χ1n) is 7.94. The Labute approximate surface area is 149 Å². The predicted octanol–water partition coefficient (Wildman–Crippen LogP) is 5.40. The molecule has 2 aliphatic rings. The summed E-state index contributed by atoms with van der Waals surface area (Å²) in [4.78, 5) is 0. The van der Waals surface area contributed by atoms with Crippen LogP contribution in [-0.4, -0.2) is 0 Å². The van der Waals surface area contributed by atoms with E-state index < -0.39 is 0 Å². The third-order valence-electron chi connectivity index (χ3n) is 7.41. The van der Waals surface area contributed by atoms with Crippen LogP contribution in [0.15, 0.2) is 18.2 Å². The molecule has 122 valence electrons. The summed E-state index contributed by atoms with van der Waals surface area (Å²) in [6.07, 6.45) is 0. The number of rotatable bonds is 0. The second-order valence-electron chi connectivity index (χ2n) is 8.96. The number of hydrogen-bond acceptors (Lipinski definition) is 2. The van der Waals surface area contributed by atoms with E-state index in [4.69, 9.17) is 0 Å². The lowest BCUT2D eigenvalue weighted by Crippen LogP contribution is -2.44. The molecule has 0 saturated carbocycles. The van der Waals surface area contributed by atoms with E-state index in [1.807, 2.05) is 0 Å². The first-order chi connectivity index (χ1) is 9.89. The highest BCUT2D eigenvalue weighted by Gasteiger charge is 2.65. The van der Waals surface area contributed by atoms with Crippen molar-refractivity contribution in [3.63, 3.8) is 0 Å². The average Bonchev–Trinajstić information content (AvgIpc) is 2.64. The van der Waals surface area contributed by atoms with Crippen LogP contribution in [0.5, 0.6) is 0 Å². The van der Waals surface area contributed by atoms with Crippen LogP contribution in [0.1, 0.15) is 78.0 Å². The Kier molecular flexibility index (Phi) is 4.30. The van der Waals surface area contributed by atoms with Crippen molar-refractivity contribution in [1.82, 2.24) is 0 Å². The van der Waals surface area contributed by atoms with E-state index in [9.17, 15) is 0 Å². The summed E-state index contributed by atoms with van der Waals surface area (Å²) in [6, 6.07) is 7.02. The van der Waals surface area contributed by atoms with E-state index in [1.165, 1.54) is 0 Å². The molecule has 3 heteroatoms. The molecule has 22 heavy (non-hydrogen) atoms. The highest BCUT2D eigenvalue weighted by Crippen LogP contribution is 2.72. The zero-order valence-electron chi connectivity index (χ0n) is 15.0. The first-order valence-corrected chi connectivity index (χ1v) is 10.6. The summed E-state index contributed by atoms with van der Waals surface area (Å²) in [7, 11) is 0.917. The fraction of sp³-hybridized carbons (Fsp3) is 0.684. The van der Waals surface area contributed by atoms with Crippen molar-refractivity contribution < 1.29 is 0 Å². The smallest absolute Gasteiger partial charge is 0 e. The first kappa shape index (κ1) is 18.2. The van der Waals surface area contributed by atoms with Crippen molar-refractivity contribution in [2.75, 3.05) is 0 Å². The van der Waals surface area contributed by atoms with Gasteiger partial charge in [0.1, 0.15) is 0 Å². The Hall–Kier alpha value is -0.120. The van der Waals surface area contributed by atoms with Crippen LogP contribution in [-0.2, 0) is 42.1 Å². The molecule has 0 fully saturated rings. The van der Waals surface area contributed by atoms with Gasteiger partial charge in [0, 0.05) is 31.3 Å². The average molecular weight is 353 g/mol. The van der Waals surface area contributed by atoms with Crippen LogP contribution in [0.2, 0.25) is 0 Å². The monoisotopic (exact) mass is 352 g/mol. The normalized spacial score (nSPS) is 25.1. The van der Waals surface area contributed by atoms with Gasteiger partial charge in [0.05, 0.1) is 0 Å². The van der Waals surface area contributed by atoms with Gasteiger partial charge in [-0.05, 0) is 44.3 Å². The van der Waals surface area contributed by atoms with Gasteiger partial charge < -0.3 is 0 Å². The van der Waals surface area contributed by atoms with Crippen molar-refractivity contribution in [3.05, 3.63) is 34.9 Å². The summed E-state index contributed by atoms with van der Waals surface area (Å²) < 4.78 is 0. The largest absolute Gasteiger partial charge is 0.0617 e. The summed E-state index contributed by atoms with van der Waals surface area (Å²) in [5.74, 6) is 0.663. The van der Waals surface area contributed by atoms with Crippen LogP contribution in [0, 0.1) is 10.8 Å². The highest BCUT2D eigenvalue weighted by atomic mass is 33.1. The molecule has 0 atom stereocenters. The molecule has 1 aromatic carbocycles. The minimum absolute atomic E-state index is 0.261. The molecule has 0 unspecified atom stereocenters. The Bertz CT molecular complexity index is 598. The van der Waals surface area contributed by atoms with Gasteiger partial charge in [0.25, 0.3) is 0 Å². The fourth-order valence-corrected chi connectivity index (χ4v) is 5.01. The minimum atomic E-state index is 0.261. The zero-order chi connectivity index (χ0) is 17.1. The summed E-state index contributed by atoms with van der Waals surface area (Å²) in [5, 5.41) is 0. The Balaban J connectivity index is 0.000000545. The molecule has 0 saturated heterocycles. The predicted molar refractivity (Wildman–Crippen MR) is 105 cm³/mol. The van der Waals surface area contributed by atoms with Gasteiger partial charge in [-0.15, -0.1) is 0 Å². The van der Waals surface area contributed by atoms with E-state index in [0.717, 1.165) is 8.88 Å². The molecular weight excluding hydrogens is 324 g/mol. The molecule has 0 radical (unpaired) electrons. The standard InChI is InChI=1S/C19H28.S3/c1-16(2)12-10-9-11-13-14(12)15(18(16,5)6)19(7,8)17(13,3)4;1-3-2/h9-11,15H,1-8H3;. The summed E-state index contributed by atoms with van der Waals surface area (Å²) in [6.45, 7) is 19.6.